The lowest BCUT2D eigenvalue weighted by Crippen LogP contribution is -2.61. The van der Waals surface area contributed by atoms with Gasteiger partial charge in [0.1, 0.15) is 18.8 Å². The fourth-order valence-electron chi connectivity index (χ4n) is 9.75. The number of allylic oxidation sites excluding steroid dienone is 20. The Morgan fingerprint density at radius 2 is 0.747 bits per heavy atom. The predicted molar refractivity (Wildman–Crippen MR) is 358 cm³/mol. The number of aliphatic carboxylic acids is 1. The van der Waals surface area contributed by atoms with E-state index in [2.05, 4.69) is 130 Å². The molecule has 0 bridgehead atoms. The molecule has 12 nitrogen and oxygen atoms in total. The average molecular weight is 1220 g/mol. The first kappa shape index (κ1) is 80.1. The molecule has 3 N–H and O–H groups in total. The molecule has 0 aromatic rings. The van der Waals surface area contributed by atoms with Crippen molar-refractivity contribution in [2.45, 2.75) is 314 Å². The van der Waals surface area contributed by atoms with E-state index in [4.69, 9.17) is 23.7 Å². The van der Waals surface area contributed by atoms with Crippen molar-refractivity contribution in [2.75, 3.05) is 13.2 Å². The average Bonchev–Trinajstić information content (AvgIpc) is 2.56. The van der Waals surface area contributed by atoms with Crippen LogP contribution in [0.5, 0.6) is 0 Å². The first-order valence-corrected chi connectivity index (χ1v) is 34.5. The predicted octanol–water partition coefficient (Wildman–Crippen LogP) is 19.1. The van der Waals surface area contributed by atoms with E-state index in [9.17, 15) is 34.5 Å². The molecule has 1 fully saturated rings. The molecule has 6 atom stereocenters. The Morgan fingerprint density at radius 3 is 1.18 bits per heavy atom. The quantitative estimate of drug-likeness (QED) is 0.0228. The molecule has 1 rings (SSSR count). The summed E-state index contributed by atoms with van der Waals surface area (Å²) >= 11 is 0. The second-order valence-electron chi connectivity index (χ2n) is 23.1. The number of carboxylic acids is 1. The van der Waals surface area contributed by atoms with Gasteiger partial charge in [0, 0.05) is 19.3 Å². The summed E-state index contributed by atoms with van der Waals surface area (Å²) < 4.78 is 28.5. The Morgan fingerprint density at radius 1 is 0.391 bits per heavy atom. The highest BCUT2D eigenvalue weighted by Crippen LogP contribution is 2.27. The van der Waals surface area contributed by atoms with Crippen molar-refractivity contribution >= 4 is 23.9 Å². The van der Waals surface area contributed by atoms with E-state index in [1.807, 2.05) is 12.2 Å². The van der Waals surface area contributed by atoms with Crippen LogP contribution in [0.1, 0.15) is 278 Å². The van der Waals surface area contributed by atoms with Gasteiger partial charge in [-0.05, 0) is 122 Å². The number of aliphatic hydroxyl groups excluding tert-OH is 2. The number of hydrogen-bond donors (Lipinski definition) is 3. The Bertz CT molecular complexity index is 1970. The maximum absolute atomic E-state index is 13.2. The Kier molecular flexibility index (Phi) is 56.5. The van der Waals surface area contributed by atoms with Gasteiger partial charge < -0.3 is 39.0 Å². The Balaban J connectivity index is 2.70. The highest BCUT2D eigenvalue weighted by atomic mass is 16.7. The largest absolute Gasteiger partial charge is 0.479 e. The van der Waals surface area contributed by atoms with Gasteiger partial charge in [-0.2, -0.15) is 0 Å². The third kappa shape index (κ3) is 50.7. The summed E-state index contributed by atoms with van der Waals surface area (Å²) in [5, 5.41) is 31.7. The molecule has 12 heteroatoms. The maximum atomic E-state index is 13.2. The van der Waals surface area contributed by atoms with Crippen LogP contribution in [0.4, 0.5) is 0 Å². The van der Waals surface area contributed by atoms with Crippen LogP contribution >= 0.6 is 0 Å². The van der Waals surface area contributed by atoms with Gasteiger partial charge in [0.05, 0.1) is 6.61 Å². The highest BCUT2D eigenvalue weighted by molar-refractivity contribution is 5.74. The topological polar surface area (TPSA) is 175 Å². The van der Waals surface area contributed by atoms with E-state index in [0.717, 1.165) is 128 Å². The molecule has 87 heavy (non-hydrogen) atoms. The number of esters is 3. The number of rotatable bonds is 58. The lowest BCUT2D eigenvalue weighted by Gasteiger charge is -2.40. The van der Waals surface area contributed by atoms with Crippen molar-refractivity contribution in [3.8, 4) is 0 Å². The number of hydrogen-bond acceptors (Lipinski definition) is 11. The molecule has 1 heterocycles. The van der Waals surface area contributed by atoms with Gasteiger partial charge in [0.2, 0.25) is 0 Å². The Labute approximate surface area is 528 Å². The fraction of sp³-hybridized carbons (Fsp3) is 0.680. The van der Waals surface area contributed by atoms with Gasteiger partial charge in [-0.3, -0.25) is 14.4 Å². The zero-order chi connectivity index (χ0) is 63.1. The molecule has 1 saturated heterocycles. The van der Waals surface area contributed by atoms with Gasteiger partial charge in [-0.1, -0.05) is 258 Å². The minimum atomic E-state index is -1.92. The molecular formula is C75H122O12. The molecular weight excluding hydrogens is 1090 g/mol. The number of carbonyl (C=O) groups excluding carboxylic acids is 3. The van der Waals surface area contributed by atoms with Gasteiger partial charge in [0.25, 0.3) is 0 Å². The summed E-state index contributed by atoms with van der Waals surface area (Å²) in [7, 11) is 0. The molecule has 0 aromatic carbocycles. The first-order valence-electron chi connectivity index (χ1n) is 34.5. The third-order valence-electron chi connectivity index (χ3n) is 15.0. The van der Waals surface area contributed by atoms with Crippen LogP contribution in [0.25, 0.3) is 0 Å². The number of ether oxygens (including phenoxy) is 5. The molecule has 6 unspecified atom stereocenters. The molecule has 0 radical (unpaired) electrons. The van der Waals surface area contributed by atoms with E-state index in [0.29, 0.717) is 19.3 Å². The van der Waals surface area contributed by atoms with Crippen LogP contribution in [0.2, 0.25) is 0 Å². The molecule has 0 aliphatic carbocycles. The Hall–Kier alpha value is -4.88. The third-order valence-corrected chi connectivity index (χ3v) is 15.0. The molecule has 0 amide bonds. The zero-order valence-corrected chi connectivity index (χ0v) is 54.7. The van der Waals surface area contributed by atoms with Crippen molar-refractivity contribution in [3.05, 3.63) is 122 Å². The lowest BCUT2D eigenvalue weighted by molar-refractivity contribution is -0.301. The highest BCUT2D eigenvalue weighted by Gasteiger charge is 2.50. The zero-order valence-electron chi connectivity index (χ0n) is 54.7. The fourth-order valence-corrected chi connectivity index (χ4v) is 9.75. The van der Waals surface area contributed by atoms with E-state index < -0.39 is 67.3 Å². The molecule has 1 aliphatic heterocycles. The monoisotopic (exact) mass is 1210 g/mol. The van der Waals surface area contributed by atoms with E-state index >= 15 is 0 Å². The van der Waals surface area contributed by atoms with E-state index in [1.54, 1.807) is 0 Å². The van der Waals surface area contributed by atoms with Crippen LogP contribution in [-0.4, -0.2) is 89.2 Å². The van der Waals surface area contributed by atoms with Crippen molar-refractivity contribution in [2.24, 2.45) is 0 Å². The molecule has 0 aromatic heterocycles. The van der Waals surface area contributed by atoms with Crippen LogP contribution in [-0.2, 0) is 42.9 Å². The number of unbranched alkanes of at least 4 members (excludes halogenated alkanes) is 24. The minimum absolute atomic E-state index is 0.0333. The van der Waals surface area contributed by atoms with Crippen molar-refractivity contribution < 1.29 is 58.2 Å². The second kappa shape index (κ2) is 61.4. The SMILES string of the molecule is CC/C=C\C/C=C\C/C=C\C/C=C\C/C=C\C/C=C\CCC(=O)OCC(COC1OC(C(=O)O)C(O)C(O)C1OC(=O)CCCCCCCC/C=C\C/C=C\C/C=C\CCCCC)OC(=O)CCCCCCCCCCC/C=C\CCCCCCCC. The van der Waals surface area contributed by atoms with Gasteiger partial charge >= 0.3 is 23.9 Å². The lowest BCUT2D eigenvalue weighted by atomic mass is 9.98. The summed E-state index contributed by atoms with van der Waals surface area (Å²) in [6.07, 6.45) is 73.0. The van der Waals surface area contributed by atoms with Crippen LogP contribution in [0, 0.1) is 0 Å². The van der Waals surface area contributed by atoms with Crippen LogP contribution in [0.3, 0.4) is 0 Å². The van der Waals surface area contributed by atoms with Crippen LogP contribution in [0.15, 0.2) is 122 Å². The molecule has 0 spiro atoms. The van der Waals surface area contributed by atoms with Gasteiger partial charge in [0.15, 0.2) is 24.6 Å². The number of carbonyl (C=O) groups is 4. The molecule has 494 valence electrons. The summed E-state index contributed by atoms with van der Waals surface area (Å²) in [6, 6.07) is 0. The smallest absolute Gasteiger partial charge is 0.335 e. The number of carboxylic acid groups (broad SMARTS) is 1. The summed E-state index contributed by atoms with van der Waals surface area (Å²) in [4.78, 5) is 51.4. The second-order valence-corrected chi connectivity index (χ2v) is 23.1. The summed E-state index contributed by atoms with van der Waals surface area (Å²) in [6.45, 7) is 5.81. The summed E-state index contributed by atoms with van der Waals surface area (Å²) in [5.41, 5.74) is 0. The van der Waals surface area contributed by atoms with Crippen molar-refractivity contribution in [1.82, 2.24) is 0 Å². The summed E-state index contributed by atoms with van der Waals surface area (Å²) in [5.74, 6) is -3.25. The normalized spacial score (nSPS) is 18.1. The number of aliphatic hydroxyl groups is 2. The molecule has 1 aliphatic rings. The van der Waals surface area contributed by atoms with E-state index in [1.165, 1.54) is 89.9 Å². The standard InChI is InChI=1S/C75H122O12/c1-4-7-10-13-16-19-22-25-28-31-34-37-40-43-46-49-52-55-58-61-67(76)83-64-66(85-68(77)62-59-56-53-50-47-44-41-38-35-32-29-26-23-20-17-14-11-8-5-2)65-84-75-73(71(80)70(79)72(87-75)74(81)82)86-69(78)63-60-57-54-51-48-45-42-39-36-33-30-27-24-21-18-15-12-9-6-3/h7,10,16,18-19,21,25-30,34,36-37,39,43,46,52,55,66,70-73,75,79-80H,4-6,8-9,11-15,17,20,22-24,31-33,35,38,40-42,44-45,47-51,53-54,56-65H2,1-3H3,(H,81,82)/b10-7-,19-16-,21-18-,28-25-,29-26-,30-27-,37-34-,39-36-,46-43-,55-52-. The van der Waals surface area contributed by atoms with Crippen LogP contribution < -0.4 is 0 Å². The first-order chi connectivity index (χ1) is 42.6. The van der Waals surface area contributed by atoms with Gasteiger partial charge in [-0.25, -0.2) is 4.79 Å². The van der Waals surface area contributed by atoms with Crippen molar-refractivity contribution in [1.29, 1.82) is 0 Å². The van der Waals surface area contributed by atoms with Crippen molar-refractivity contribution in [3.63, 3.8) is 0 Å². The van der Waals surface area contributed by atoms with Gasteiger partial charge in [-0.15, -0.1) is 0 Å². The minimum Gasteiger partial charge on any atom is -0.479 e. The van der Waals surface area contributed by atoms with E-state index in [-0.39, 0.29) is 25.9 Å². The maximum Gasteiger partial charge on any atom is 0.335 e. The molecule has 0 saturated carbocycles.